The molecule has 0 amide bonds. The Morgan fingerprint density at radius 1 is 1.36 bits per heavy atom. The van der Waals surface area contributed by atoms with Crippen molar-refractivity contribution < 1.29 is 9.52 Å². The first-order valence-electron chi connectivity index (χ1n) is 4.21. The number of hydrogen-bond donors (Lipinski definition) is 2. The molecule has 0 aromatic carbocycles. The Morgan fingerprint density at radius 3 is 2.86 bits per heavy atom. The predicted molar refractivity (Wildman–Crippen MR) is 51.4 cm³/mol. The topological polar surface area (TPSA) is 72.3 Å². The van der Waals surface area contributed by atoms with E-state index in [0.717, 1.165) is 0 Å². The maximum atomic E-state index is 9.85. The molecule has 3 N–H and O–H groups in total. The van der Waals surface area contributed by atoms with Gasteiger partial charge in [0.05, 0.1) is 6.26 Å². The lowest BCUT2D eigenvalue weighted by Gasteiger charge is -2.09. The van der Waals surface area contributed by atoms with Crippen LogP contribution in [0.25, 0.3) is 0 Å². The first-order valence-corrected chi connectivity index (χ1v) is 4.21. The molecule has 1 atom stereocenters. The summed E-state index contributed by atoms with van der Waals surface area (Å²) >= 11 is 0. The van der Waals surface area contributed by atoms with Gasteiger partial charge in [-0.3, -0.25) is 0 Å². The molecule has 2 aromatic rings. The number of hydrogen-bond acceptors (Lipinski definition) is 4. The van der Waals surface area contributed by atoms with E-state index in [1.807, 2.05) is 0 Å². The van der Waals surface area contributed by atoms with Gasteiger partial charge in [-0.15, -0.1) is 0 Å². The summed E-state index contributed by atoms with van der Waals surface area (Å²) in [5.41, 5.74) is 6.17. The molecule has 0 aliphatic heterocycles. The molecular weight excluding hydrogens is 180 g/mol. The number of aromatic nitrogens is 1. The molecule has 0 radical (unpaired) electrons. The third-order valence-corrected chi connectivity index (χ3v) is 1.98. The van der Waals surface area contributed by atoms with Crippen LogP contribution >= 0.6 is 0 Å². The van der Waals surface area contributed by atoms with Crippen LogP contribution in [-0.4, -0.2) is 10.1 Å². The van der Waals surface area contributed by atoms with Crippen molar-refractivity contribution in [2.75, 3.05) is 5.73 Å². The molecular formula is C10H10N2O2. The van der Waals surface area contributed by atoms with Gasteiger partial charge in [-0.1, -0.05) is 6.07 Å². The minimum absolute atomic E-state index is 0.316. The fourth-order valence-electron chi connectivity index (χ4n) is 1.26. The van der Waals surface area contributed by atoms with Crippen molar-refractivity contribution in [3.8, 4) is 0 Å². The molecule has 72 valence electrons. The zero-order valence-electron chi connectivity index (χ0n) is 7.42. The standard InChI is InChI=1S/C10H10N2O2/c11-10-7(3-1-5-12-10)9(13)8-4-2-6-14-8/h1-6,9,13H,(H2,11,12). The number of nitrogens with two attached hydrogens (primary N) is 1. The van der Waals surface area contributed by atoms with E-state index in [1.54, 1.807) is 30.5 Å². The van der Waals surface area contributed by atoms with Crippen LogP contribution in [0.1, 0.15) is 17.4 Å². The van der Waals surface area contributed by atoms with E-state index in [1.165, 1.54) is 6.26 Å². The number of anilines is 1. The largest absolute Gasteiger partial charge is 0.466 e. The molecule has 0 aliphatic rings. The maximum Gasteiger partial charge on any atom is 0.140 e. The minimum atomic E-state index is -0.848. The number of nitrogen functional groups attached to an aromatic ring is 1. The number of aliphatic hydroxyl groups is 1. The van der Waals surface area contributed by atoms with Gasteiger partial charge < -0.3 is 15.3 Å². The normalized spacial score (nSPS) is 12.6. The van der Waals surface area contributed by atoms with Gasteiger partial charge in [0.2, 0.25) is 0 Å². The number of nitrogens with zero attached hydrogens (tertiary/aromatic N) is 1. The Kier molecular flexibility index (Phi) is 2.20. The van der Waals surface area contributed by atoms with E-state index in [0.29, 0.717) is 17.1 Å². The van der Waals surface area contributed by atoms with Crippen LogP contribution in [0.5, 0.6) is 0 Å². The van der Waals surface area contributed by atoms with Crippen molar-refractivity contribution in [1.82, 2.24) is 4.98 Å². The zero-order valence-corrected chi connectivity index (χ0v) is 7.42. The van der Waals surface area contributed by atoms with Crippen LogP contribution in [0.2, 0.25) is 0 Å². The number of pyridine rings is 1. The Morgan fingerprint density at radius 2 is 2.21 bits per heavy atom. The quantitative estimate of drug-likeness (QED) is 0.749. The van der Waals surface area contributed by atoms with E-state index in [2.05, 4.69) is 4.98 Å². The number of aliphatic hydroxyl groups excluding tert-OH is 1. The number of rotatable bonds is 2. The third kappa shape index (κ3) is 1.47. The Hall–Kier alpha value is -1.81. The molecule has 0 aliphatic carbocycles. The van der Waals surface area contributed by atoms with Gasteiger partial charge in [0.15, 0.2) is 0 Å². The molecule has 4 heteroatoms. The lowest BCUT2D eigenvalue weighted by atomic mass is 10.1. The molecule has 0 bridgehead atoms. The van der Waals surface area contributed by atoms with Crippen molar-refractivity contribution in [1.29, 1.82) is 0 Å². The smallest absolute Gasteiger partial charge is 0.140 e. The summed E-state index contributed by atoms with van der Waals surface area (Å²) in [6, 6.07) is 6.84. The fourth-order valence-corrected chi connectivity index (χ4v) is 1.26. The highest BCUT2D eigenvalue weighted by atomic mass is 16.4. The summed E-state index contributed by atoms with van der Waals surface area (Å²) < 4.78 is 5.07. The first-order chi connectivity index (χ1) is 6.79. The van der Waals surface area contributed by atoms with Gasteiger partial charge in [-0.2, -0.15) is 0 Å². The summed E-state index contributed by atoms with van der Waals surface area (Å²) in [5, 5.41) is 9.85. The van der Waals surface area contributed by atoms with Gasteiger partial charge in [-0.25, -0.2) is 4.98 Å². The van der Waals surface area contributed by atoms with E-state index in [9.17, 15) is 5.11 Å². The molecule has 0 saturated heterocycles. The molecule has 0 saturated carbocycles. The van der Waals surface area contributed by atoms with Gasteiger partial charge in [0.1, 0.15) is 17.7 Å². The summed E-state index contributed by atoms with van der Waals surface area (Å²) in [5.74, 6) is 0.779. The van der Waals surface area contributed by atoms with Crippen molar-refractivity contribution in [2.24, 2.45) is 0 Å². The number of furan rings is 1. The summed E-state index contributed by atoms with van der Waals surface area (Å²) in [7, 11) is 0. The molecule has 1 unspecified atom stereocenters. The first kappa shape index (κ1) is 8.77. The molecule has 2 aromatic heterocycles. The average Bonchev–Trinajstić information content (AvgIpc) is 2.70. The monoisotopic (exact) mass is 190 g/mol. The lowest BCUT2D eigenvalue weighted by molar-refractivity contribution is 0.190. The molecule has 14 heavy (non-hydrogen) atoms. The van der Waals surface area contributed by atoms with Crippen LogP contribution in [0.15, 0.2) is 41.1 Å². The molecule has 4 nitrogen and oxygen atoms in total. The highest BCUT2D eigenvalue weighted by molar-refractivity contribution is 5.42. The fraction of sp³-hybridized carbons (Fsp3) is 0.100. The SMILES string of the molecule is Nc1ncccc1C(O)c1ccco1. The van der Waals surface area contributed by atoms with E-state index in [-0.39, 0.29) is 0 Å². The zero-order chi connectivity index (χ0) is 9.97. The van der Waals surface area contributed by atoms with Crippen LogP contribution < -0.4 is 5.73 Å². The van der Waals surface area contributed by atoms with Crippen LogP contribution in [0, 0.1) is 0 Å². The summed E-state index contributed by atoms with van der Waals surface area (Å²) in [4.78, 5) is 3.89. The highest BCUT2D eigenvalue weighted by Crippen LogP contribution is 2.24. The maximum absolute atomic E-state index is 9.85. The van der Waals surface area contributed by atoms with Gasteiger partial charge in [-0.05, 0) is 18.2 Å². The van der Waals surface area contributed by atoms with Crippen molar-refractivity contribution in [3.05, 3.63) is 48.0 Å². The third-order valence-electron chi connectivity index (χ3n) is 1.98. The average molecular weight is 190 g/mol. The van der Waals surface area contributed by atoms with Crippen molar-refractivity contribution >= 4 is 5.82 Å². The Bertz CT molecular complexity index is 412. The van der Waals surface area contributed by atoms with Crippen LogP contribution in [0.3, 0.4) is 0 Å². The Balaban J connectivity index is 2.37. The van der Waals surface area contributed by atoms with Crippen LogP contribution in [-0.2, 0) is 0 Å². The van der Waals surface area contributed by atoms with Gasteiger partial charge in [0.25, 0.3) is 0 Å². The van der Waals surface area contributed by atoms with Crippen molar-refractivity contribution in [3.63, 3.8) is 0 Å². The second-order valence-corrected chi connectivity index (χ2v) is 2.90. The molecule has 0 fully saturated rings. The molecule has 0 spiro atoms. The van der Waals surface area contributed by atoms with Crippen LogP contribution in [0.4, 0.5) is 5.82 Å². The predicted octanol–water partition coefficient (Wildman–Crippen LogP) is 1.34. The van der Waals surface area contributed by atoms with Gasteiger partial charge >= 0.3 is 0 Å². The highest BCUT2D eigenvalue weighted by Gasteiger charge is 2.15. The summed E-state index contributed by atoms with van der Waals surface area (Å²) in [6.07, 6.45) is 2.23. The Labute approximate surface area is 81.0 Å². The lowest BCUT2D eigenvalue weighted by Crippen LogP contribution is -2.04. The van der Waals surface area contributed by atoms with E-state index in [4.69, 9.17) is 10.2 Å². The second kappa shape index (κ2) is 3.51. The summed E-state index contributed by atoms with van der Waals surface area (Å²) in [6.45, 7) is 0. The second-order valence-electron chi connectivity index (χ2n) is 2.90. The minimum Gasteiger partial charge on any atom is -0.466 e. The van der Waals surface area contributed by atoms with E-state index < -0.39 is 6.10 Å². The molecule has 2 heterocycles. The van der Waals surface area contributed by atoms with E-state index >= 15 is 0 Å². The van der Waals surface area contributed by atoms with Gasteiger partial charge in [0, 0.05) is 11.8 Å². The molecule has 2 rings (SSSR count). The van der Waals surface area contributed by atoms with Crippen molar-refractivity contribution in [2.45, 2.75) is 6.10 Å².